The Kier molecular flexibility index (Phi) is 10.5. The summed E-state index contributed by atoms with van der Waals surface area (Å²) in [7, 11) is 1.84. The number of carbonyl (C=O) groups is 2. The molecule has 0 radical (unpaired) electrons. The van der Waals surface area contributed by atoms with Gasteiger partial charge in [-0.2, -0.15) is 0 Å². The van der Waals surface area contributed by atoms with E-state index in [9.17, 15) is 22.8 Å². The van der Waals surface area contributed by atoms with E-state index in [0.717, 1.165) is 18.4 Å². The minimum atomic E-state index is -4.76. The molecular formula is C27H32F3IN2O6. The molecule has 4 rings (SSSR count). The first kappa shape index (κ1) is 31.0. The van der Waals surface area contributed by atoms with E-state index < -0.39 is 23.4 Å². The zero-order valence-electron chi connectivity index (χ0n) is 21.7. The third-order valence-corrected chi connectivity index (χ3v) is 7.01. The van der Waals surface area contributed by atoms with Gasteiger partial charge in [-0.05, 0) is 79.6 Å². The molecule has 1 aliphatic heterocycles. The van der Waals surface area contributed by atoms with E-state index >= 15 is 0 Å². The number of amides is 1. The molecule has 2 aliphatic rings. The summed E-state index contributed by atoms with van der Waals surface area (Å²) in [6, 6.07) is 11.7. The van der Waals surface area contributed by atoms with Gasteiger partial charge < -0.3 is 24.6 Å². The van der Waals surface area contributed by atoms with Crippen molar-refractivity contribution < 1.29 is 42.1 Å². The lowest BCUT2D eigenvalue weighted by Crippen LogP contribution is -2.62. The summed E-state index contributed by atoms with van der Waals surface area (Å²) in [5, 5.41) is 12.4. The average molecular weight is 664 g/mol. The number of carbonyl (C=O) groups excluding carboxylic acids is 1. The number of halogens is 4. The van der Waals surface area contributed by atoms with Crippen LogP contribution in [0.4, 0.5) is 13.2 Å². The fraction of sp³-hybridized carbons (Fsp3) is 0.481. The van der Waals surface area contributed by atoms with Gasteiger partial charge in [-0.1, -0.05) is 34.7 Å². The second-order valence-corrected chi connectivity index (χ2v) is 9.35. The molecule has 1 heterocycles. The summed E-state index contributed by atoms with van der Waals surface area (Å²) in [5.41, 5.74) is -0.273. The van der Waals surface area contributed by atoms with Crippen LogP contribution in [0.3, 0.4) is 0 Å². The van der Waals surface area contributed by atoms with Crippen LogP contribution in [0.5, 0.6) is 11.5 Å². The zero-order chi connectivity index (χ0) is 28.7. The summed E-state index contributed by atoms with van der Waals surface area (Å²) in [6.45, 7) is 1.47. The molecule has 1 aliphatic carbocycles. The van der Waals surface area contributed by atoms with Crippen molar-refractivity contribution in [1.82, 2.24) is 10.2 Å². The Bertz CT molecular complexity index is 1100. The summed E-state index contributed by atoms with van der Waals surface area (Å²) in [5.74, 6) is -1.07. The van der Waals surface area contributed by atoms with Gasteiger partial charge in [0.1, 0.15) is 23.6 Å². The van der Waals surface area contributed by atoms with Crippen molar-refractivity contribution in [3.8, 4) is 11.5 Å². The average Bonchev–Trinajstić information content (AvgIpc) is 3.71. The van der Waals surface area contributed by atoms with E-state index in [4.69, 9.17) is 14.6 Å². The van der Waals surface area contributed by atoms with Gasteiger partial charge in [0.15, 0.2) is 0 Å². The molecule has 0 aromatic heterocycles. The SMILES string of the molecule is CI.CN(CCOc1ccc(OC(F)(F)F)cc1)C1(C(=O)NC2(c3ccc(C(=O)O)cc3)CC2)CCOCC1. The summed E-state index contributed by atoms with van der Waals surface area (Å²) in [4.78, 5) is 28.8. The van der Waals surface area contributed by atoms with E-state index in [1.165, 1.54) is 24.3 Å². The van der Waals surface area contributed by atoms with Crippen molar-refractivity contribution in [3.63, 3.8) is 0 Å². The second kappa shape index (κ2) is 13.2. The van der Waals surface area contributed by atoms with Gasteiger partial charge in [0.2, 0.25) is 5.91 Å². The van der Waals surface area contributed by atoms with Gasteiger partial charge in [0.05, 0.1) is 11.1 Å². The molecule has 2 fully saturated rings. The number of hydrogen-bond acceptors (Lipinski definition) is 6. The molecule has 2 aromatic carbocycles. The first-order chi connectivity index (χ1) is 18.5. The van der Waals surface area contributed by atoms with Gasteiger partial charge in [-0.3, -0.25) is 9.69 Å². The number of ether oxygens (including phenoxy) is 3. The highest BCUT2D eigenvalue weighted by Gasteiger charge is 2.51. The molecular weight excluding hydrogens is 632 g/mol. The standard InChI is InChI=1S/C26H29F3N2O6.CH3I/c1-31(14-17-36-20-6-8-21(9-7-20)37-26(27,28)29)25(12-15-35-16-13-25)23(34)30-24(10-11-24)19-4-2-18(3-5-19)22(32)33;1-2/h2-9H,10-17H2,1H3,(H,30,34)(H,32,33);1H3. The van der Waals surface area contributed by atoms with Crippen molar-refractivity contribution >= 4 is 34.5 Å². The number of rotatable bonds is 10. The summed E-state index contributed by atoms with van der Waals surface area (Å²) in [6.07, 6.45) is -2.25. The molecule has 12 heteroatoms. The van der Waals surface area contributed by atoms with E-state index in [1.807, 2.05) is 16.9 Å². The van der Waals surface area contributed by atoms with Gasteiger partial charge >= 0.3 is 12.3 Å². The van der Waals surface area contributed by atoms with E-state index in [-0.39, 0.29) is 23.8 Å². The number of nitrogens with one attached hydrogen (secondary N) is 1. The number of nitrogens with zero attached hydrogens (tertiary/aromatic N) is 1. The smallest absolute Gasteiger partial charge is 0.492 e. The lowest BCUT2D eigenvalue weighted by atomic mass is 9.86. The molecule has 0 bridgehead atoms. The number of alkyl halides is 4. The number of likely N-dealkylation sites (N-methyl/N-ethyl adjacent to an activating group) is 1. The largest absolute Gasteiger partial charge is 0.573 e. The first-order valence-electron chi connectivity index (χ1n) is 12.3. The van der Waals surface area contributed by atoms with Crippen molar-refractivity contribution in [1.29, 1.82) is 0 Å². The number of carboxylic acid groups (broad SMARTS) is 1. The topological polar surface area (TPSA) is 97.3 Å². The van der Waals surface area contributed by atoms with Crippen molar-refractivity contribution in [2.45, 2.75) is 43.1 Å². The third-order valence-electron chi connectivity index (χ3n) is 7.01. The molecule has 39 heavy (non-hydrogen) atoms. The zero-order valence-corrected chi connectivity index (χ0v) is 23.9. The van der Waals surface area contributed by atoms with Crippen LogP contribution in [0.2, 0.25) is 0 Å². The molecule has 214 valence electrons. The molecule has 1 saturated heterocycles. The minimum absolute atomic E-state index is 0.119. The maximum Gasteiger partial charge on any atom is 0.573 e. The Morgan fingerprint density at radius 1 is 1.00 bits per heavy atom. The summed E-state index contributed by atoms with van der Waals surface area (Å²) >= 11 is 2.15. The van der Waals surface area contributed by atoms with Crippen molar-refractivity contribution in [2.75, 3.05) is 38.3 Å². The van der Waals surface area contributed by atoms with Crippen LogP contribution in [0.15, 0.2) is 48.5 Å². The Morgan fingerprint density at radius 3 is 2.08 bits per heavy atom. The third kappa shape index (κ3) is 7.98. The molecule has 2 N–H and O–H groups in total. The van der Waals surface area contributed by atoms with Crippen LogP contribution in [-0.2, 0) is 15.1 Å². The van der Waals surface area contributed by atoms with Gasteiger partial charge in [-0.15, -0.1) is 13.2 Å². The van der Waals surface area contributed by atoms with Gasteiger partial charge in [-0.25, -0.2) is 4.79 Å². The Labute approximate surface area is 238 Å². The van der Waals surface area contributed by atoms with Crippen LogP contribution in [0, 0.1) is 0 Å². The van der Waals surface area contributed by atoms with E-state index in [2.05, 4.69) is 32.6 Å². The maximum absolute atomic E-state index is 13.7. The Balaban J connectivity index is 0.00000205. The monoisotopic (exact) mass is 664 g/mol. The lowest BCUT2D eigenvalue weighted by Gasteiger charge is -2.43. The maximum atomic E-state index is 13.7. The molecule has 0 spiro atoms. The number of hydrogen-bond donors (Lipinski definition) is 2. The predicted octanol–water partition coefficient (Wildman–Crippen LogP) is 5.00. The van der Waals surface area contributed by atoms with Crippen LogP contribution >= 0.6 is 22.6 Å². The quantitative estimate of drug-likeness (QED) is 0.273. The molecule has 0 unspecified atom stereocenters. The number of benzene rings is 2. The van der Waals surface area contributed by atoms with Crippen LogP contribution < -0.4 is 14.8 Å². The van der Waals surface area contributed by atoms with E-state index in [0.29, 0.717) is 38.3 Å². The first-order valence-corrected chi connectivity index (χ1v) is 14.5. The van der Waals surface area contributed by atoms with Gasteiger partial charge in [0, 0.05) is 19.8 Å². The molecule has 1 saturated carbocycles. The van der Waals surface area contributed by atoms with Crippen LogP contribution in [0.1, 0.15) is 41.6 Å². The second-order valence-electron chi connectivity index (χ2n) is 9.35. The number of aromatic carboxylic acids is 1. The van der Waals surface area contributed by atoms with Crippen LogP contribution in [0.25, 0.3) is 0 Å². The fourth-order valence-corrected chi connectivity index (χ4v) is 4.62. The normalized spacial score (nSPS) is 17.4. The van der Waals surface area contributed by atoms with Crippen molar-refractivity contribution in [3.05, 3.63) is 59.7 Å². The van der Waals surface area contributed by atoms with Gasteiger partial charge in [0.25, 0.3) is 0 Å². The molecule has 1 amide bonds. The Morgan fingerprint density at radius 2 is 1.56 bits per heavy atom. The highest BCUT2D eigenvalue weighted by atomic mass is 127. The highest BCUT2D eigenvalue weighted by Crippen LogP contribution is 2.46. The number of carboxylic acids is 1. The van der Waals surface area contributed by atoms with E-state index in [1.54, 1.807) is 24.3 Å². The molecule has 8 nitrogen and oxygen atoms in total. The fourth-order valence-electron chi connectivity index (χ4n) is 4.62. The Hall–Kier alpha value is -2.58. The minimum Gasteiger partial charge on any atom is -0.492 e. The van der Waals surface area contributed by atoms with Crippen LogP contribution in [-0.4, -0.2) is 72.1 Å². The molecule has 2 aromatic rings. The summed E-state index contributed by atoms with van der Waals surface area (Å²) < 4.78 is 52.1. The highest BCUT2D eigenvalue weighted by molar-refractivity contribution is 14.1. The predicted molar refractivity (Wildman–Crippen MR) is 146 cm³/mol. The van der Waals surface area contributed by atoms with Crippen molar-refractivity contribution in [2.24, 2.45) is 0 Å². The lowest BCUT2D eigenvalue weighted by molar-refractivity contribution is -0.274. The molecule has 0 atom stereocenters.